The van der Waals surface area contributed by atoms with Gasteiger partial charge in [-0.25, -0.2) is 9.97 Å². The number of para-hydroxylation sites is 2. The van der Waals surface area contributed by atoms with Crippen molar-refractivity contribution >= 4 is 33.9 Å². The van der Waals surface area contributed by atoms with Gasteiger partial charge in [-0.1, -0.05) is 36.4 Å². The second-order valence-electron chi connectivity index (χ2n) is 6.82. The molecule has 1 aliphatic heterocycles. The molecule has 0 bridgehead atoms. The molecule has 0 aliphatic carbocycles. The first-order chi connectivity index (χ1) is 13.3. The van der Waals surface area contributed by atoms with Gasteiger partial charge in [-0.2, -0.15) is 0 Å². The summed E-state index contributed by atoms with van der Waals surface area (Å²) in [5.41, 5.74) is 4.45. The van der Waals surface area contributed by atoms with E-state index in [9.17, 15) is 0 Å². The molecule has 2 aromatic carbocycles. The molecule has 1 atom stereocenters. The molecule has 0 radical (unpaired) electrons. The normalized spacial score (nSPS) is 15.7. The molecule has 5 rings (SSSR count). The molecular weight excluding hydrogens is 334 g/mol. The number of nitrogens with zero attached hydrogens (tertiary/aromatic N) is 4. The van der Waals surface area contributed by atoms with Gasteiger partial charge in [0.25, 0.3) is 0 Å². The number of aromatic nitrogens is 3. The van der Waals surface area contributed by atoms with Gasteiger partial charge in [0.05, 0.1) is 11.2 Å². The van der Waals surface area contributed by atoms with Crippen molar-refractivity contribution < 1.29 is 0 Å². The second-order valence-corrected chi connectivity index (χ2v) is 6.82. The van der Waals surface area contributed by atoms with Gasteiger partial charge in [0.1, 0.15) is 18.0 Å². The summed E-state index contributed by atoms with van der Waals surface area (Å²) in [5, 5.41) is 4.51. The second kappa shape index (κ2) is 6.36. The molecule has 0 saturated carbocycles. The van der Waals surface area contributed by atoms with E-state index < -0.39 is 0 Å². The van der Waals surface area contributed by atoms with Crippen molar-refractivity contribution in [1.82, 2.24) is 15.0 Å². The Morgan fingerprint density at radius 2 is 1.85 bits per heavy atom. The molecule has 5 nitrogen and oxygen atoms in total. The topological polar surface area (TPSA) is 53.9 Å². The van der Waals surface area contributed by atoms with Gasteiger partial charge in [0.15, 0.2) is 0 Å². The molecule has 0 saturated heterocycles. The highest BCUT2D eigenvalue weighted by molar-refractivity contribution is 5.91. The highest BCUT2D eigenvalue weighted by Crippen LogP contribution is 2.37. The number of hydrogen-bond donors (Lipinski definition) is 1. The molecule has 0 fully saturated rings. The maximum absolute atomic E-state index is 4.53. The summed E-state index contributed by atoms with van der Waals surface area (Å²) in [6.07, 6.45) is 4.45. The van der Waals surface area contributed by atoms with E-state index in [-0.39, 0.29) is 0 Å². The van der Waals surface area contributed by atoms with E-state index in [4.69, 9.17) is 0 Å². The summed E-state index contributed by atoms with van der Waals surface area (Å²) in [4.78, 5) is 15.7. The molecule has 0 spiro atoms. The predicted molar refractivity (Wildman–Crippen MR) is 109 cm³/mol. The fourth-order valence-electron chi connectivity index (χ4n) is 3.80. The van der Waals surface area contributed by atoms with Gasteiger partial charge >= 0.3 is 0 Å². The van der Waals surface area contributed by atoms with Crippen molar-refractivity contribution in [1.29, 1.82) is 0 Å². The van der Waals surface area contributed by atoms with Gasteiger partial charge in [-0.15, -0.1) is 0 Å². The maximum atomic E-state index is 4.53. The minimum Gasteiger partial charge on any atom is -0.338 e. The zero-order valence-electron chi connectivity index (χ0n) is 15.0. The SMILES string of the molecule is CC1Cc2ccccc2N1c1cc(Nc2cccc3cccnc23)ncn1. The Bertz CT molecular complexity index is 1120. The van der Waals surface area contributed by atoms with Gasteiger partial charge in [0.2, 0.25) is 0 Å². The van der Waals surface area contributed by atoms with E-state index in [1.807, 2.05) is 30.5 Å². The van der Waals surface area contributed by atoms with Crippen molar-refractivity contribution in [2.24, 2.45) is 0 Å². The van der Waals surface area contributed by atoms with Crippen LogP contribution in [0.15, 0.2) is 73.2 Å². The average Bonchev–Trinajstić information content (AvgIpc) is 3.04. The summed E-state index contributed by atoms with van der Waals surface area (Å²) in [5.74, 6) is 1.66. The smallest absolute Gasteiger partial charge is 0.138 e. The highest BCUT2D eigenvalue weighted by Gasteiger charge is 2.27. The molecule has 4 aromatic rings. The summed E-state index contributed by atoms with van der Waals surface area (Å²) in [6, 6.07) is 21.0. The number of nitrogens with one attached hydrogen (secondary N) is 1. The van der Waals surface area contributed by atoms with Gasteiger partial charge in [-0.05, 0) is 37.1 Å². The van der Waals surface area contributed by atoms with Crippen molar-refractivity contribution in [2.75, 3.05) is 10.2 Å². The Labute approximate surface area is 157 Å². The summed E-state index contributed by atoms with van der Waals surface area (Å²) in [6.45, 7) is 2.23. The van der Waals surface area contributed by atoms with Crippen LogP contribution < -0.4 is 10.2 Å². The van der Waals surface area contributed by atoms with Crippen LogP contribution in [0.2, 0.25) is 0 Å². The molecule has 1 aliphatic rings. The summed E-state index contributed by atoms with van der Waals surface area (Å²) < 4.78 is 0. The largest absolute Gasteiger partial charge is 0.338 e. The van der Waals surface area contributed by atoms with Crippen molar-refractivity contribution in [3.8, 4) is 0 Å². The fourth-order valence-corrected chi connectivity index (χ4v) is 3.80. The Hall–Kier alpha value is -3.47. The lowest BCUT2D eigenvalue weighted by Crippen LogP contribution is -2.24. The van der Waals surface area contributed by atoms with E-state index in [2.05, 4.69) is 68.5 Å². The van der Waals surface area contributed by atoms with Gasteiger partial charge in [0, 0.05) is 29.4 Å². The average molecular weight is 353 g/mol. The number of fused-ring (bicyclic) bond motifs is 2. The molecular formula is C22H19N5. The number of rotatable bonds is 3. The first-order valence-corrected chi connectivity index (χ1v) is 9.09. The van der Waals surface area contributed by atoms with Crippen LogP contribution in [0.1, 0.15) is 12.5 Å². The van der Waals surface area contributed by atoms with Crippen LogP contribution in [0.4, 0.5) is 23.0 Å². The van der Waals surface area contributed by atoms with Crippen LogP contribution in [0.25, 0.3) is 10.9 Å². The van der Waals surface area contributed by atoms with Crippen LogP contribution >= 0.6 is 0 Å². The van der Waals surface area contributed by atoms with Crippen LogP contribution in [0.5, 0.6) is 0 Å². The minimum atomic E-state index is 0.365. The predicted octanol–water partition coefficient (Wildman–Crippen LogP) is 4.85. The molecule has 3 heterocycles. The van der Waals surface area contributed by atoms with Crippen LogP contribution in [-0.2, 0) is 6.42 Å². The molecule has 132 valence electrons. The fraction of sp³-hybridized carbons (Fsp3) is 0.136. The Kier molecular flexibility index (Phi) is 3.71. The lowest BCUT2D eigenvalue weighted by atomic mass is 10.1. The molecule has 1 unspecified atom stereocenters. The summed E-state index contributed by atoms with van der Waals surface area (Å²) in [7, 11) is 0. The molecule has 27 heavy (non-hydrogen) atoms. The van der Waals surface area contributed by atoms with Gasteiger partial charge in [-0.3, -0.25) is 4.98 Å². The van der Waals surface area contributed by atoms with E-state index in [0.717, 1.165) is 34.6 Å². The third kappa shape index (κ3) is 2.77. The standard InChI is InChI=1S/C22H19N5/c1-15-12-17-6-2-3-10-19(17)27(15)21-13-20(24-14-25-21)26-18-9-4-7-16-8-5-11-23-22(16)18/h2-11,13-15H,12H2,1H3,(H,24,25,26). The highest BCUT2D eigenvalue weighted by atomic mass is 15.2. The maximum Gasteiger partial charge on any atom is 0.138 e. The van der Waals surface area contributed by atoms with E-state index >= 15 is 0 Å². The Morgan fingerprint density at radius 3 is 2.81 bits per heavy atom. The van der Waals surface area contributed by atoms with E-state index in [0.29, 0.717) is 6.04 Å². The first-order valence-electron chi connectivity index (χ1n) is 9.09. The number of benzene rings is 2. The summed E-state index contributed by atoms with van der Waals surface area (Å²) >= 11 is 0. The van der Waals surface area contributed by atoms with Crippen LogP contribution in [0, 0.1) is 0 Å². The first kappa shape index (κ1) is 15.8. The zero-order valence-corrected chi connectivity index (χ0v) is 15.0. The molecule has 2 aromatic heterocycles. The minimum absolute atomic E-state index is 0.365. The lowest BCUT2D eigenvalue weighted by Gasteiger charge is -2.24. The van der Waals surface area contributed by atoms with E-state index in [1.165, 1.54) is 11.3 Å². The third-order valence-electron chi connectivity index (χ3n) is 5.00. The van der Waals surface area contributed by atoms with Crippen molar-refractivity contribution in [3.63, 3.8) is 0 Å². The number of pyridine rings is 1. The quantitative estimate of drug-likeness (QED) is 0.570. The van der Waals surface area contributed by atoms with E-state index in [1.54, 1.807) is 6.33 Å². The number of anilines is 4. The molecule has 1 N–H and O–H groups in total. The Balaban J connectivity index is 1.51. The van der Waals surface area contributed by atoms with Crippen LogP contribution in [-0.4, -0.2) is 21.0 Å². The number of hydrogen-bond acceptors (Lipinski definition) is 5. The van der Waals surface area contributed by atoms with Crippen molar-refractivity contribution in [2.45, 2.75) is 19.4 Å². The third-order valence-corrected chi connectivity index (χ3v) is 5.00. The lowest BCUT2D eigenvalue weighted by molar-refractivity contribution is 0.749. The Morgan fingerprint density at radius 1 is 0.963 bits per heavy atom. The molecule has 5 heteroatoms. The zero-order chi connectivity index (χ0) is 18.2. The van der Waals surface area contributed by atoms with Crippen LogP contribution in [0.3, 0.4) is 0 Å². The van der Waals surface area contributed by atoms with Crippen molar-refractivity contribution in [3.05, 3.63) is 78.8 Å². The monoisotopic (exact) mass is 353 g/mol. The van der Waals surface area contributed by atoms with Gasteiger partial charge < -0.3 is 10.2 Å². The molecule has 0 amide bonds.